The van der Waals surface area contributed by atoms with Crippen molar-refractivity contribution in [1.29, 1.82) is 0 Å². The zero-order chi connectivity index (χ0) is 23.4. The molecule has 4 aromatic rings. The molecule has 8 nitrogen and oxygen atoms in total. The van der Waals surface area contributed by atoms with E-state index in [2.05, 4.69) is 10.1 Å². The van der Waals surface area contributed by atoms with Crippen LogP contribution in [0.25, 0.3) is 11.7 Å². The van der Waals surface area contributed by atoms with E-state index in [1.807, 2.05) is 55.8 Å². The third kappa shape index (κ3) is 5.06. The Balaban J connectivity index is 1.36. The molecule has 0 spiro atoms. The van der Waals surface area contributed by atoms with Crippen LogP contribution in [0.5, 0.6) is 11.5 Å². The zero-order valence-electron chi connectivity index (χ0n) is 19.0. The van der Waals surface area contributed by atoms with Gasteiger partial charge in [0.25, 0.3) is 0 Å². The molecule has 33 heavy (non-hydrogen) atoms. The second kappa shape index (κ2) is 9.60. The van der Waals surface area contributed by atoms with Gasteiger partial charge in [0.05, 0.1) is 24.1 Å². The molecule has 0 radical (unpaired) electrons. The van der Waals surface area contributed by atoms with Gasteiger partial charge in [-0.25, -0.2) is 9.78 Å². The second-order valence-corrected chi connectivity index (χ2v) is 7.60. The summed E-state index contributed by atoms with van der Waals surface area (Å²) in [5.74, 6) is 1.40. The van der Waals surface area contributed by atoms with Crippen molar-refractivity contribution in [3.05, 3.63) is 82.6 Å². The Hall–Kier alpha value is -4.07. The first-order valence-corrected chi connectivity index (χ1v) is 10.4. The van der Waals surface area contributed by atoms with E-state index >= 15 is 0 Å². The molecule has 0 fully saturated rings. The molecule has 0 aliphatic carbocycles. The predicted molar refractivity (Wildman–Crippen MR) is 122 cm³/mol. The van der Waals surface area contributed by atoms with Crippen LogP contribution in [0.3, 0.4) is 0 Å². The number of aryl methyl sites for hydroxylation is 3. The maximum Gasteiger partial charge on any atom is 0.331 e. The lowest BCUT2D eigenvalue weighted by molar-refractivity contribution is -0.139. The Labute approximate surface area is 191 Å². The fourth-order valence-electron chi connectivity index (χ4n) is 3.40. The second-order valence-electron chi connectivity index (χ2n) is 7.60. The van der Waals surface area contributed by atoms with Crippen LogP contribution in [0.2, 0.25) is 0 Å². The van der Waals surface area contributed by atoms with Crippen LogP contribution in [0.1, 0.15) is 33.8 Å². The van der Waals surface area contributed by atoms with E-state index in [4.69, 9.17) is 18.7 Å². The van der Waals surface area contributed by atoms with Crippen molar-refractivity contribution in [2.45, 2.75) is 34.0 Å². The summed E-state index contributed by atoms with van der Waals surface area (Å²) in [5, 5.41) is 3.93. The molecule has 0 saturated heterocycles. The van der Waals surface area contributed by atoms with Crippen LogP contribution in [-0.2, 0) is 22.7 Å². The van der Waals surface area contributed by atoms with E-state index in [1.54, 1.807) is 25.3 Å². The number of carbonyl (C=O) groups excluding carboxylic acids is 1. The van der Waals surface area contributed by atoms with E-state index in [0.29, 0.717) is 23.8 Å². The van der Waals surface area contributed by atoms with Gasteiger partial charge in [-0.1, -0.05) is 17.3 Å². The summed E-state index contributed by atoms with van der Waals surface area (Å²) in [7, 11) is 1.57. The topological polar surface area (TPSA) is 88.1 Å². The van der Waals surface area contributed by atoms with Crippen LogP contribution in [-0.4, -0.2) is 27.6 Å². The third-order valence-corrected chi connectivity index (χ3v) is 5.24. The van der Waals surface area contributed by atoms with Gasteiger partial charge in [-0.3, -0.25) is 0 Å². The number of methoxy groups -OCH3 is 1. The molecule has 3 heterocycles. The molecule has 0 saturated carbocycles. The zero-order valence-corrected chi connectivity index (χ0v) is 19.0. The normalized spacial score (nSPS) is 11.3. The molecule has 4 rings (SSSR count). The minimum absolute atomic E-state index is 0.0993. The lowest BCUT2D eigenvalue weighted by Gasteiger charge is -2.11. The Kier molecular flexibility index (Phi) is 6.44. The van der Waals surface area contributed by atoms with Crippen LogP contribution < -0.4 is 9.47 Å². The Bertz CT molecular complexity index is 1300. The average Bonchev–Trinajstić information content (AvgIpc) is 3.38. The first kappa shape index (κ1) is 22.1. The number of fused-ring (bicyclic) bond motifs is 1. The Morgan fingerprint density at radius 2 is 2.00 bits per heavy atom. The molecule has 0 atom stereocenters. The van der Waals surface area contributed by atoms with E-state index in [9.17, 15) is 4.79 Å². The standard InChI is InChI=1S/C25H25N3O5/c1-16-6-5-11-28-13-20(26-25(16)28)14-32-24(29)10-8-19-7-9-22(23(12-19)30-4)31-15-21-17(2)27-33-18(21)3/h5-13H,14-15H2,1-4H3/b10-8+. The lowest BCUT2D eigenvalue weighted by atomic mass is 10.2. The molecular formula is C25H25N3O5. The average molecular weight is 447 g/mol. The Morgan fingerprint density at radius 1 is 1.15 bits per heavy atom. The van der Waals surface area contributed by atoms with Crippen LogP contribution in [0.15, 0.2) is 53.3 Å². The maximum absolute atomic E-state index is 12.2. The summed E-state index contributed by atoms with van der Waals surface area (Å²) in [5.41, 5.74) is 5.07. The molecule has 0 aliphatic rings. The van der Waals surface area contributed by atoms with Gasteiger partial charge in [-0.2, -0.15) is 0 Å². The smallest absolute Gasteiger partial charge is 0.331 e. The minimum Gasteiger partial charge on any atom is -0.493 e. The van der Waals surface area contributed by atoms with Crippen molar-refractivity contribution in [3.8, 4) is 11.5 Å². The molecular weight excluding hydrogens is 422 g/mol. The summed E-state index contributed by atoms with van der Waals surface area (Å²) >= 11 is 0. The highest BCUT2D eigenvalue weighted by atomic mass is 16.5. The van der Waals surface area contributed by atoms with Gasteiger partial charge in [-0.05, 0) is 56.2 Å². The monoisotopic (exact) mass is 447 g/mol. The molecule has 0 bridgehead atoms. The molecule has 0 aliphatic heterocycles. The van der Waals surface area contributed by atoms with Gasteiger partial charge in [-0.15, -0.1) is 0 Å². The van der Waals surface area contributed by atoms with Gasteiger partial charge in [0, 0.05) is 18.5 Å². The maximum atomic E-state index is 12.2. The number of hydrogen-bond acceptors (Lipinski definition) is 7. The van der Waals surface area contributed by atoms with Gasteiger partial charge in [0.1, 0.15) is 24.6 Å². The van der Waals surface area contributed by atoms with Crippen LogP contribution >= 0.6 is 0 Å². The number of imidazole rings is 1. The molecule has 0 amide bonds. The van der Waals surface area contributed by atoms with E-state index in [1.165, 1.54) is 6.08 Å². The summed E-state index contributed by atoms with van der Waals surface area (Å²) in [6.45, 7) is 6.13. The quantitative estimate of drug-likeness (QED) is 0.288. The number of esters is 1. The molecule has 3 aromatic heterocycles. The largest absolute Gasteiger partial charge is 0.493 e. The number of carbonyl (C=O) groups is 1. The van der Waals surface area contributed by atoms with E-state index in [0.717, 1.165) is 33.8 Å². The van der Waals surface area contributed by atoms with E-state index < -0.39 is 5.97 Å². The fraction of sp³-hybridized carbons (Fsp3) is 0.240. The highest BCUT2D eigenvalue weighted by Crippen LogP contribution is 2.30. The number of nitrogens with zero attached hydrogens (tertiary/aromatic N) is 3. The van der Waals surface area contributed by atoms with Crippen LogP contribution in [0, 0.1) is 20.8 Å². The highest BCUT2D eigenvalue weighted by Gasteiger charge is 2.12. The molecule has 1 aromatic carbocycles. The summed E-state index contributed by atoms with van der Waals surface area (Å²) in [4.78, 5) is 16.7. The predicted octanol–water partition coefficient (Wildman–Crippen LogP) is 4.59. The lowest BCUT2D eigenvalue weighted by Crippen LogP contribution is -2.01. The number of rotatable bonds is 8. The Morgan fingerprint density at radius 3 is 2.73 bits per heavy atom. The van der Waals surface area contributed by atoms with Gasteiger partial charge in [0.15, 0.2) is 11.5 Å². The van der Waals surface area contributed by atoms with E-state index in [-0.39, 0.29) is 6.61 Å². The highest BCUT2D eigenvalue weighted by molar-refractivity contribution is 5.87. The molecule has 0 unspecified atom stereocenters. The SMILES string of the molecule is COc1cc(/C=C/C(=O)OCc2cn3cccc(C)c3n2)ccc1OCc1c(C)noc1C. The number of benzene rings is 1. The minimum atomic E-state index is -0.457. The van der Waals surface area contributed by atoms with Crippen molar-refractivity contribution >= 4 is 17.7 Å². The van der Waals surface area contributed by atoms with Crippen molar-refractivity contribution in [3.63, 3.8) is 0 Å². The van der Waals surface area contributed by atoms with Gasteiger partial charge >= 0.3 is 5.97 Å². The van der Waals surface area contributed by atoms with Gasteiger partial charge in [0.2, 0.25) is 0 Å². The first-order valence-electron chi connectivity index (χ1n) is 10.4. The summed E-state index contributed by atoms with van der Waals surface area (Å²) in [6, 6.07) is 9.35. The third-order valence-electron chi connectivity index (χ3n) is 5.24. The molecule has 170 valence electrons. The summed E-state index contributed by atoms with van der Waals surface area (Å²) in [6.07, 6.45) is 6.80. The van der Waals surface area contributed by atoms with Crippen molar-refractivity contribution in [1.82, 2.24) is 14.5 Å². The fourth-order valence-corrected chi connectivity index (χ4v) is 3.40. The van der Waals surface area contributed by atoms with Gasteiger partial charge < -0.3 is 23.1 Å². The number of pyridine rings is 1. The summed E-state index contributed by atoms with van der Waals surface area (Å²) < 4.78 is 23.7. The number of hydrogen-bond donors (Lipinski definition) is 0. The molecule has 8 heteroatoms. The number of ether oxygens (including phenoxy) is 3. The molecule has 0 N–H and O–H groups in total. The number of aromatic nitrogens is 3. The first-order chi connectivity index (χ1) is 15.9. The van der Waals surface area contributed by atoms with Crippen molar-refractivity contribution in [2.24, 2.45) is 0 Å². The van der Waals surface area contributed by atoms with Crippen molar-refractivity contribution < 1.29 is 23.5 Å². The van der Waals surface area contributed by atoms with Crippen LogP contribution in [0.4, 0.5) is 0 Å². The van der Waals surface area contributed by atoms with Crippen molar-refractivity contribution in [2.75, 3.05) is 7.11 Å².